The molecule has 1 fully saturated rings. The van der Waals surface area contributed by atoms with Gasteiger partial charge in [-0.3, -0.25) is 4.90 Å². The van der Waals surface area contributed by atoms with Gasteiger partial charge in [0.25, 0.3) is 0 Å². The van der Waals surface area contributed by atoms with Gasteiger partial charge in [0, 0.05) is 52.1 Å². The summed E-state index contributed by atoms with van der Waals surface area (Å²) in [5, 5.41) is 4.62. The third-order valence-electron chi connectivity index (χ3n) is 6.05. The van der Waals surface area contributed by atoms with E-state index in [0.717, 1.165) is 41.8 Å². The van der Waals surface area contributed by atoms with Crippen LogP contribution in [0.25, 0.3) is 10.8 Å². The summed E-state index contributed by atoms with van der Waals surface area (Å²) in [5.41, 5.74) is -1.38. The number of nitrogens with one attached hydrogen (secondary N) is 1. The molecule has 42 heavy (non-hydrogen) atoms. The Labute approximate surface area is 261 Å². The van der Waals surface area contributed by atoms with E-state index in [0.29, 0.717) is 21.4 Å². The second-order valence-corrected chi connectivity index (χ2v) is 14.7. The van der Waals surface area contributed by atoms with Gasteiger partial charge >= 0.3 is 18.3 Å². The Hall–Kier alpha value is -2.63. The first-order valence-corrected chi connectivity index (χ1v) is 15.1. The number of aromatic nitrogens is 1. The Balaban J connectivity index is 1.86. The maximum absolute atomic E-state index is 13.3. The van der Waals surface area contributed by atoms with E-state index in [1.165, 1.54) is 6.20 Å². The summed E-state index contributed by atoms with van der Waals surface area (Å²) in [5.74, 6) is 0.0548. The van der Waals surface area contributed by atoms with Crippen LogP contribution < -0.4 is 10.2 Å². The number of alkyl carbamates (subject to hydrolysis) is 1. The molecule has 1 aliphatic heterocycles. The molecule has 0 aliphatic carbocycles. The molecule has 2 heterocycles. The number of amides is 3. The van der Waals surface area contributed by atoms with E-state index < -0.39 is 35.1 Å². The number of imide groups is 1. The smallest absolute Gasteiger partial charge is 0.425 e. The topological polar surface area (TPSA) is 110 Å². The highest BCUT2D eigenvalue weighted by atomic mass is 79.9. The fourth-order valence-corrected chi connectivity index (χ4v) is 5.02. The highest BCUT2D eigenvalue weighted by Gasteiger charge is 2.35. The van der Waals surface area contributed by atoms with Crippen LogP contribution in [-0.4, -0.2) is 64.1 Å². The molecule has 1 N–H and O–H groups in total. The number of ether oxygens (including phenoxy) is 3. The molecule has 10 nitrogen and oxygen atoms in total. The van der Waals surface area contributed by atoms with Gasteiger partial charge in [0.05, 0.1) is 0 Å². The van der Waals surface area contributed by atoms with Crippen LogP contribution in [0, 0.1) is 0 Å². The van der Waals surface area contributed by atoms with Gasteiger partial charge in [-0.1, -0.05) is 11.6 Å². The Morgan fingerprint density at radius 2 is 1.45 bits per heavy atom. The van der Waals surface area contributed by atoms with Crippen LogP contribution in [0.2, 0.25) is 5.02 Å². The van der Waals surface area contributed by atoms with Crippen molar-refractivity contribution in [3.63, 3.8) is 0 Å². The lowest BCUT2D eigenvalue weighted by atomic mass is 10.0. The Morgan fingerprint density at radius 1 is 0.929 bits per heavy atom. The van der Waals surface area contributed by atoms with Gasteiger partial charge < -0.3 is 19.5 Å². The molecule has 1 aliphatic rings. The van der Waals surface area contributed by atoms with Crippen molar-refractivity contribution in [3.8, 4) is 0 Å². The van der Waals surface area contributed by atoms with Crippen molar-refractivity contribution in [2.75, 3.05) is 18.0 Å². The van der Waals surface area contributed by atoms with E-state index in [-0.39, 0.29) is 11.9 Å². The van der Waals surface area contributed by atoms with Gasteiger partial charge in [-0.25, -0.2) is 19.4 Å². The van der Waals surface area contributed by atoms with Crippen LogP contribution in [0.1, 0.15) is 80.7 Å². The molecular weight excluding hydrogens is 628 g/mol. The lowest BCUT2D eigenvalue weighted by molar-refractivity contribution is 0.0424. The predicted molar refractivity (Wildman–Crippen MR) is 167 cm³/mol. The predicted octanol–water partition coefficient (Wildman–Crippen LogP) is 7.82. The zero-order chi connectivity index (χ0) is 31.6. The molecule has 3 rings (SSSR count). The molecule has 0 atom stereocenters. The Morgan fingerprint density at radius 3 is 1.95 bits per heavy atom. The van der Waals surface area contributed by atoms with Gasteiger partial charge in [-0.05, 0) is 109 Å². The fourth-order valence-electron chi connectivity index (χ4n) is 4.37. The fraction of sp³-hybridized carbons (Fsp3) is 0.600. The monoisotopic (exact) mass is 668 g/mol. The SMILES string of the molecule is CC(C)(C)OC(=O)NC1CCN(Cc2cc3c(Br)cnc(N(C(=O)OC(C)(C)C)C(=O)OC(C)(C)C)c3cc2Cl)CC1. The number of likely N-dealkylation sites (tertiary alicyclic amines) is 1. The lowest BCUT2D eigenvalue weighted by Gasteiger charge is -2.33. The van der Waals surface area contributed by atoms with Crippen molar-refractivity contribution >= 4 is 62.4 Å². The van der Waals surface area contributed by atoms with Crippen molar-refractivity contribution in [2.24, 2.45) is 0 Å². The molecule has 0 radical (unpaired) electrons. The first-order chi connectivity index (χ1) is 19.2. The van der Waals surface area contributed by atoms with Crippen molar-refractivity contribution < 1.29 is 28.6 Å². The average Bonchev–Trinajstić information content (AvgIpc) is 2.79. The van der Waals surface area contributed by atoms with Crippen molar-refractivity contribution in [1.29, 1.82) is 0 Å². The number of fused-ring (bicyclic) bond motifs is 1. The molecule has 0 bridgehead atoms. The first-order valence-electron chi connectivity index (χ1n) is 14.0. The first kappa shape index (κ1) is 33.9. The van der Waals surface area contributed by atoms with Crippen molar-refractivity contribution in [1.82, 2.24) is 15.2 Å². The van der Waals surface area contributed by atoms with Crippen LogP contribution in [0.15, 0.2) is 22.8 Å². The molecule has 2 aromatic rings. The standard InChI is InChI=1S/C30H42BrClN4O6/c1-28(2,3)40-25(37)34-19-10-12-35(13-11-19)17-18-14-20-21(15-23(18)32)24(33-16-22(20)31)36(26(38)41-29(4,5)6)27(39)42-30(7,8)9/h14-16,19H,10-13,17H2,1-9H3,(H,34,37). The second kappa shape index (κ2) is 12.9. The number of halogens is 2. The molecule has 0 saturated carbocycles. The van der Waals surface area contributed by atoms with Crippen LogP contribution >= 0.6 is 27.5 Å². The normalized spacial score (nSPS) is 15.3. The van der Waals surface area contributed by atoms with E-state index in [1.54, 1.807) is 47.6 Å². The van der Waals surface area contributed by atoms with Crippen molar-refractivity contribution in [2.45, 2.75) is 105 Å². The van der Waals surface area contributed by atoms with Gasteiger partial charge in [0.2, 0.25) is 0 Å². The molecule has 3 amide bonds. The molecule has 1 aromatic carbocycles. The van der Waals surface area contributed by atoms with Crippen LogP contribution in [0.5, 0.6) is 0 Å². The number of hydrogen-bond acceptors (Lipinski definition) is 8. The number of nitrogens with zero attached hydrogens (tertiary/aromatic N) is 3. The van der Waals surface area contributed by atoms with Gasteiger partial charge in [-0.15, -0.1) is 0 Å². The number of rotatable bonds is 4. The maximum atomic E-state index is 13.3. The van der Waals surface area contributed by atoms with E-state index in [2.05, 4.69) is 31.1 Å². The Kier molecular flexibility index (Phi) is 10.4. The minimum atomic E-state index is -0.907. The number of piperidine rings is 1. The van der Waals surface area contributed by atoms with Gasteiger partial charge in [0.1, 0.15) is 16.8 Å². The third kappa shape index (κ3) is 9.70. The van der Waals surface area contributed by atoms with Gasteiger partial charge in [0.15, 0.2) is 5.82 Å². The molecule has 1 aromatic heterocycles. The number of benzene rings is 1. The largest absolute Gasteiger partial charge is 0.444 e. The summed E-state index contributed by atoms with van der Waals surface area (Å²) in [6, 6.07) is 3.68. The van der Waals surface area contributed by atoms with E-state index in [1.807, 2.05) is 26.8 Å². The minimum absolute atomic E-state index is 0.0395. The number of carbonyl (C=O) groups is 3. The molecule has 12 heteroatoms. The highest BCUT2D eigenvalue weighted by molar-refractivity contribution is 9.10. The van der Waals surface area contributed by atoms with E-state index >= 15 is 0 Å². The van der Waals surface area contributed by atoms with Gasteiger partial charge in [-0.2, -0.15) is 4.90 Å². The van der Waals surface area contributed by atoms with Crippen LogP contribution in [0.4, 0.5) is 20.2 Å². The zero-order valence-electron chi connectivity index (χ0n) is 25.9. The number of hydrogen-bond donors (Lipinski definition) is 1. The summed E-state index contributed by atoms with van der Waals surface area (Å²) in [7, 11) is 0. The van der Waals surface area contributed by atoms with Crippen molar-refractivity contribution in [3.05, 3.63) is 33.4 Å². The number of pyridine rings is 1. The number of anilines is 1. The quantitative estimate of drug-likeness (QED) is 0.328. The summed E-state index contributed by atoms with van der Waals surface area (Å²) in [4.78, 5) is 46.2. The van der Waals surface area contributed by atoms with Crippen LogP contribution in [-0.2, 0) is 20.8 Å². The molecular formula is C30H42BrClN4O6. The summed E-state index contributed by atoms with van der Waals surface area (Å²) >= 11 is 10.4. The molecule has 232 valence electrons. The average molecular weight is 670 g/mol. The summed E-state index contributed by atoms with van der Waals surface area (Å²) < 4.78 is 17.1. The van der Waals surface area contributed by atoms with Crippen LogP contribution in [0.3, 0.4) is 0 Å². The minimum Gasteiger partial charge on any atom is -0.444 e. The summed E-state index contributed by atoms with van der Waals surface area (Å²) in [6.45, 7) is 17.9. The Bertz CT molecular complexity index is 1300. The second-order valence-electron chi connectivity index (χ2n) is 13.4. The molecule has 1 saturated heterocycles. The van der Waals surface area contributed by atoms with E-state index in [4.69, 9.17) is 25.8 Å². The van der Waals surface area contributed by atoms with E-state index in [9.17, 15) is 14.4 Å². The number of carbonyl (C=O) groups excluding carboxylic acids is 3. The molecule has 0 unspecified atom stereocenters. The molecule has 0 spiro atoms. The summed E-state index contributed by atoms with van der Waals surface area (Å²) in [6.07, 6.45) is 0.878. The highest BCUT2D eigenvalue weighted by Crippen LogP contribution is 2.36. The zero-order valence-corrected chi connectivity index (χ0v) is 28.2. The lowest BCUT2D eigenvalue weighted by Crippen LogP contribution is -2.45. The maximum Gasteiger partial charge on any atom is 0.425 e. The third-order valence-corrected chi connectivity index (χ3v) is 7.04.